The lowest BCUT2D eigenvalue weighted by atomic mass is 9.98. The van der Waals surface area contributed by atoms with Gasteiger partial charge in [0.2, 0.25) is 5.91 Å². The summed E-state index contributed by atoms with van der Waals surface area (Å²) < 4.78 is 5.60. The van der Waals surface area contributed by atoms with Crippen LogP contribution in [0.15, 0.2) is 0 Å². The minimum Gasteiger partial charge on any atom is -0.480 e. The predicted octanol–water partition coefficient (Wildman–Crippen LogP) is 1.41. The molecule has 1 heterocycles. The quantitative estimate of drug-likeness (QED) is 0.824. The number of hydrogen-bond donors (Lipinski definition) is 1. The molecule has 2 fully saturated rings. The smallest absolute Gasteiger partial charge is 0.326 e. The molecule has 0 aromatic carbocycles. The van der Waals surface area contributed by atoms with Crippen LogP contribution in [0.4, 0.5) is 0 Å². The Hall–Kier alpha value is -1.10. The Morgan fingerprint density at radius 3 is 2.50 bits per heavy atom. The molecular weight excluding hydrogens is 234 g/mol. The Balaban J connectivity index is 1.78. The Bertz CT molecular complexity index is 312. The van der Waals surface area contributed by atoms with Gasteiger partial charge in [0.1, 0.15) is 12.6 Å². The van der Waals surface area contributed by atoms with E-state index in [2.05, 4.69) is 0 Å². The SMILES string of the molecule is O=C(O)C1CCCN1C(=O)COC1CCCCC1. The first-order valence-electron chi connectivity index (χ1n) is 6.82. The van der Waals surface area contributed by atoms with E-state index in [4.69, 9.17) is 9.84 Å². The number of carboxylic acids is 1. The zero-order valence-corrected chi connectivity index (χ0v) is 10.6. The van der Waals surface area contributed by atoms with Crippen LogP contribution in [0, 0.1) is 0 Å². The highest BCUT2D eigenvalue weighted by Gasteiger charge is 2.34. The fourth-order valence-electron chi connectivity index (χ4n) is 2.83. The molecule has 1 N–H and O–H groups in total. The molecule has 0 bridgehead atoms. The monoisotopic (exact) mass is 255 g/mol. The maximum atomic E-state index is 11.9. The molecule has 0 aromatic rings. The van der Waals surface area contributed by atoms with Gasteiger partial charge in [0.25, 0.3) is 0 Å². The number of carbonyl (C=O) groups excluding carboxylic acids is 1. The maximum absolute atomic E-state index is 11.9. The van der Waals surface area contributed by atoms with Crippen LogP contribution in [-0.2, 0) is 14.3 Å². The van der Waals surface area contributed by atoms with Gasteiger partial charge < -0.3 is 14.7 Å². The van der Waals surface area contributed by atoms with Crippen molar-refractivity contribution in [1.29, 1.82) is 0 Å². The van der Waals surface area contributed by atoms with Crippen LogP contribution in [-0.4, -0.2) is 47.2 Å². The fourth-order valence-corrected chi connectivity index (χ4v) is 2.83. The standard InChI is InChI=1S/C13H21NO4/c15-12(9-18-10-5-2-1-3-6-10)14-8-4-7-11(14)13(16)17/h10-11H,1-9H2,(H,16,17). The highest BCUT2D eigenvalue weighted by Crippen LogP contribution is 2.21. The molecule has 102 valence electrons. The molecule has 2 aliphatic rings. The number of aliphatic carboxylic acids is 1. The van der Waals surface area contributed by atoms with Gasteiger partial charge in [0.15, 0.2) is 0 Å². The lowest BCUT2D eigenvalue weighted by Crippen LogP contribution is -2.42. The summed E-state index contributed by atoms with van der Waals surface area (Å²) in [6, 6.07) is -0.646. The first kappa shape index (κ1) is 13.3. The van der Waals surface area contributed by atoms with Crippen LogP contribution >= 0.6 is 0 Å². The van der Waals surface area contributed by atoms with E-state index < -0.39 is 12.0 Å². The molecule has 18 heavy (non-hydrogen) atoms. The molecule has 5 heteroatoms. The number of likely N-dealkylation sites (tertiary alicyclic amines) is 1. The maximum Gasteiger partial charge on any atom is 0.326 e. The van der Waals surface area contributed by atoms with Gasteiger partial charge in [-0.15, -0.1) is 0 Å². The van der Waals surface area contributed by atoms with Crippen LogP contribution in [0.25, 0.3) is 0 Å². The molecular formula is C13H21NO4. The van der Waals surface area contributed by atoms with Crippen LogP contribution in [0.5, 0.6) is 0 Å². The van der Waals surface area contributed by atoms with E-state index in [0.29, 0.717) is 13.0 Å². The molecule has 0 spiro atoms. The summed E-state index contributed by atoms with van der Waals surface area (Å²) >= 11 is 0. The van der Waals surface area contributed by atoms with Crippen molar-refractivity contribution >= 4 is 11.9 Å². The van der Waals surface area contributed by atoms with Gasteiger partial charge in [-0.3, -0.25) is 4.79 Å². The second-order valence-electron chi connectivity index (χ2n) is 5.15. The van der Waals surface area contributed by atoms with Crippen molar-refractivity contribution in [3.63, 3.8) is 0 Å². The minimum absolute atomic E-state index is 0.0362. The number of amides is 1. The Morgan fingerprint density at radius 2 is 1.83 bits per heavy atom. The van der Waals surface area contributed by atoms with Crippen molar-refractivity contribution in [1.82, 2.24) is 4.90 Å². The molecule has 1 saturated heterocycles. The molecule has 1 aliphatic heterocycles. The van der Waals surface area contributed by atoms with Gasteiger partial charge in [0, 0.05) is 6.54 Å². The highest BCUT2D eigenvalue weighted by atomic mass is 16.5. The average molecular weight is 255 g/mol. The third kappa shape index (κ3) is 3.22. The third-order valence-corrected chi connectivity index (χ3v) is 3.85. The first-order chi connectivity index (χ1) is 8.68. The zero-order valence-electron chi connectivity index (χ0n) is 10.6. The zero-order chi connectivity index (χ0) is 13.0. The van der Waals surface area contributed by atoms with Crippen LogP contribution in [0.2, 0.25) is 0 Å². The molecule has 1 amide bonds. The first-order valence-corrected chi connectivity index (χ1v) is 6.82. The number of rotatable bonds is 4. The lowest BCUT2D eigenvalue weighted by molar-refractivity contribution is -0.151. The van der Waals surface area contributed by atoms with E-state index >= 15 is 0 Å². The summed E-state index contributed by atoms with van der Waals surface area (Å²) in [6.45, 7) is 0.582. The normalized spacial score (nSPS) is 25.3. The van der Waals surface area contributed by atoms with Crippen molar-refractivity contribution in [3.8, 4) is 0 Å². The van der Waals surface area contributed by atoms with Gasteiger partial charge in [-0.1, -0.05) is 19.3 Å². The number of hydrogen-bond acceptors (Lipinski definition) is 3. The number of carbonyl (C=O) groups is 2. The average Bonchev–Trinajstić information content (AvgIpc) is 2.86. The van der Waals surface area contributed by atoms with E-state index in [9.17, 15) is 9.59 Å². The molecule has 1 unspecified atom stereocenters. The van der Waals surface area contributed by atoms with Crippen LogP contribution in [0.3, 0.4) is 0 Å². The number of ether oxygens (including phenoxy) is 1. The molecule has 1 saturated carbocycles. The van der Waals surface area contributed by atoms with E-state index in [1.54, 1.807) is 0 Å². The predicted molar refractivity (Wildman–Crippen MR) is 65.2 cm³/mol. The lowest BCUT2D eigenvalue weighted by Gasteiger charge is -2.25. The van der Waals surface area contributed by atoms with E-state index in [1.807, 2.05) is 0 Å². The van der Waals surface area contributed by atoms with Gasteiger partial charge in [-0.05, 0) is 25.7 Å². The fraction of sp³-hybridized carbons (Fsp3) is 0.846. The highest BCUT2D eigenvalue weighted by molar-refractivity contribution is 5.84. The summed E-state index contributed by atoms with van der Waals surface area (Å²) in [4.78, 5) is 24.4. The molecule has 2 rings (SSSR count). The van der Waals surface area contributed by atoms with Crippen molar-refractivity contribution in [2.75, 3.05) is 13.2 Å². The second-order valence-corrected chi connectivity index (χ2v) is 5.15. The Kier molecular flexibility index (Phi) is 4.58. The third-order valence-electron chi connectivity index (χ3n) is 3.85. The minimum atomic E-state index is -0.904. The van der Waals surface area contributed by atoms with Gasteiger partial charge in [0.05, 0.1) is 6.10 Å². The molecule has 1 aliphatic carbocycles. The van der Waals surface area contributed by atoms with Gasteiger partial charge in [-0.25, -0.2) is 4.79 Å². The summed E-state index contributed by atoms with van der Waals surface area (Å²) in [7, 11) is 0. The van der Waals surface area contributed by atoms with E-state index in [0.717, 1.165) is 19.3 Å². The largest absolute Gasteiger partial charge is 0.480 e. The van der Waals surface area contributed by atoms with Crippen molar-refractivity contribution < 1.29 is 19.4 Å². The topological polar surface area (TPSA) is 66.8 Å². The summed E-state index contributed by atoms with van der Waals surface area (Å²) in [6.07, 6.45) is 7.15. The van der Waals surface area contributed by atoms with Crippen molar-refractivity contribution in [2.24, 2.45) is 0 Å². The summed E-state index contributed by atoms with van der Waals surface area (Å²) in [5.74, 6) is -1.08. The Labute approximate surface area is 107 Å². The molecule has 5 nitrogen and oxygen atoms in total. The molecule has 0 radical (unpaired) electrons. The number of carboxylic acid groups (broad SMARTS) is 1. The van der Waals surface area contributed by atoms with E-state index in [-0.39, 0.29) is 18.6 Å². The van der Waals surface area contributed by atoms with Crippen LogP contribution in [0.1, 0.15) is 44.9 Å². The number of nitrogens with zero attached hydrogens (tertiary/aromatic N) is 1. The Morgan fingerprint density at radius 1 is 1.11 bits per heavy atom. The molecule has 1 atom stereocenters. The summed E-state index contributed by atoms with van der Waals surface area (Å²) in [5, 5.41) is 9.01. The van der Waals surface area contributed by atoms with Gasteiger partial charge in [-0.2, -0.15) is 0 Å². The van der Waals surface area contributed by atoms with E-state index in [1.165, 1.54) is 24.2 Å². The molecule has 0 aromatic heterocycles. The second kappa shape index (κ2) is 6.18. The van der Waals surface area contributed by atoms with Gasteiger partial charge >= 0.3 is 5.97 Å². The van der Waals surface area contributed by atoms with Crippen LogP contribution < -0.4 is 0 Å². The summed E-state index contributed by atoms with van der Waals surface area (Å²) in [5.41, 5.74) is 0. The van der Waals surface area contributed by atoms with Crippen molar-refractivity contribution in [3.05, 3.63) is 0 Å². The van der Waals surface area contributed by atoms with Crippen molar-refractivity contribution in [2.45, 2.75) is 57.1 Å².